The molecular weight excluding hydrogens is 276 g/mol. The quantitative estimate of drug-likeness (QED) is 0.650. The number of hydrogen-bond donors (Lipinski definition) is 1. The molecule has 1 aromatic heterocycles. The van der Waals surface area contributed by atoms with E-state index in [4.69, 9.17) is 0 Å². The highest BCUT2D eigenvalue weighted by Crippen LogP contribution is 2.27. The minimum absolute atomic E-state index is 0.00689. The molecule has 7 heteroatoms. The summed E-state index contributed by atoms with van der Waals surface area (Å²) in [6.07, 6.45) is 1.66. The lowest BCUT2D eigenvalue weighted by molar-refractivity contribution is -0.384. The molecule has 0 bridgehead atoms. The van der Waals surface area contributed by atoms with E-state index in [-0.39, 0.29) is 16.7 Å². The number of nitrogens with one attached hydrogen (secondary N) is 1. The van der Waals surface area contributed by atoms with E-state index in [0.29, 0.717) is 0 Å². The molecule has 1 unspecified atom stereocenters. The van der Waals surface area contributed by atoms with Gasteiger partial charge in [0.25, 0.3) is 5.69 Å². The van der Waals surface area contributed by atoms with Gasteiger partial charge in [-0.3, -0.25) is 10.1 Å². The molecular formula is C13H16N4O2S. The highest BCUT2D eigenvalue weighted by molar-refractivity contribution is 7.15. The highest BCUT2D eigenvalue weighted by atomic mass is 32.1. The Balaban J connectivity index is 2.19. The topological polar surface area (TPSA) is 81.0 Å². The highest BCUT2D eigenvalue weighted by Gasteiger charge is 2.15. The number of nitrogens with zero attached hydrogens (tertiary/aromatic N) is 3. The monoisotopic (exact) mass is 292 g/mol. The van der Waals surface area contributed by atoms with Gasteiger partial charge in [0, 0.05) is 12.1 Å². The minimum Gasteiger partial charge on any atom is -0.353 e. The molecule has 1 heterocycles. The van der Waals surface area contributed by atoms with E-state index in [9.17, 15) is 10.1 Å². The number of nitro groups is 1. The third-order valence-corrected chi connectivity index (χ3v) is 3.96. The molecule has 6 nitrogen and oxygen atoms in total. The van der Waals surface area contributed by atoms with E-state index in [1.807, 2.05) is 19.9 Å². The van der Waals surface area contributed by atoms with Crippen LogP contribution in [0.15, 0.2) is 24.3 Å². The number of aryl methyl sites for hydroxylation is 1. The van der Waals surface area contributed by atoms with Gasteiger partial charge in [0.05, 0.1) is 11.0 Å². The maximum absolute atomic E-state index is 10.8. The fraction of sp³-hybridized carbons (Fsp3) is 0.385. The second-order valence-electron chi connectivity index (χ2n) is 4.31. The predicted octanol–water partition coefficient (Wildman–Crippen LogP) is 3.57. The Morgan fingerprint density at radius 3 is 2.80 bits per heavy atom. The maximum Gasteiger partial charge on any atom is 0.269 e. The second kappa shape index (κ2) is 6.42. The first kappa shape index (κ1) is 14.4. The Kier molecular flexibility index (Phi) is 4.62. The van der Waals surface area contributed by atoms with E-state index >= 15 is 0 Å². The fourth-order valence-corrected chi connectivity index (χ4v) is 2.61. The van der Waals surface area contributed by atoms with Crippen molar-refractivity contribution in [3.63, 3.8) is 0 Å². The summed E-state index contributed by atoms with van der Waals surface area (Å²) < 4.78 is 0. The van der Waals surface area contributed by atoms with Gasteiger partial charge in [-0.2, -0.15) is 0 Å². The standard InChI is InChI=1S/C13H16N4O2S/c1-3-11(14-13-16-15-12(4-2)20-13)9-6-5-7-10(8-9)17(18)19/h5-8,11H,3-4H2,1-2H3,(H,14,16). The summed E-state index contributed by atoms with van der Waals surface area (Å²) >= 11 is 1.51. The van der Waals surface area contributed by atoms with Crippen LogP contribution in [0, 0.1) is 10.1 Å². The number of hydrogen-bond acceptors (Lipinski definition) is 6. The second-order valence-corrected chi connectivity index (χ2v) is 5.37. The Morgan fingerprint density at radius 2 is 2.20 bits per heavy atom. The van der Waals surface area contributed by atoms with E-state index in [1.54, 1.807) is 12.1 Å². The summed E-state index contributed by atoms with van der Waals surface area (Å²) in [6.45, 7) is 4.06. The molecule has 0 spiro atoms. The van der Waals surface area contributed by atoms with Gasteiger partial charge in [-0.05, 0) is 18.4 Å². The summed E-state index contributed by atoms with van der Waals surface area (Å²) in [5, 5.41) is 24.0. The first-order valence-electron chi connectivity index (χ1n) is 6.47. The molecule has 0 aliphatic carbocycles. The number of rotatable bonds is 6. The Hall–Kier alpha value is -2.02. The SMILES string of the molecule is CCc1nnc(NC(CC)c2cccc([N+](=O)[O-])c2)s1. The van der Waals surface area contributed by atoms with Gasteiger partial charge in [0.1, 0.15) is 5.01 Å². The molecule has 1 aromatic carbocycles. The van der Waals surface area contributed by atoms with Crippen LogP contribution < -0.4 is 5.32 Å². The van der Waals surface area contributed by atoms with Gasteiger partial charge in [-0.25, -0.2) is 0 Å². The average molecular weight is 292 g/mol. The van der Waals surface area contributed by atoms with Crippen LogP contribution in [0.3, 0.4) is 0 Å². The van der Waals surface area contributed by atoms with Crippen LogP contribution in [0.2, 0.25) is 0 Å². The first-order chi connectivity index (χ1) is 9.63. The lowest BCUT2D eigenvalue weighted by Gasteiger charge is -2.16. The smallest absolute Gasteiger partial charge is 0.269 e. The van der Waals surface area contributed by atoms with Crippen LogP contribution in [0.4, 0.5) is 10.8 Å². The summed E-state index contributed by atoms with van der Waals surface area (Å²) in [6, 6.07) is 6.68. The van der Waals surface area contributed by atoms with Crippen LogP contribution >= 0.6 is 11.3 Å². The maximum atomic E-state index is 10.8. The summed E-state index contributed by atoms with van der Waals surface area (Å²) in [4.78, 5) is 10.5. The van der Waals surface area contributed by atoms with Crippen molar-refractivity contribution in [3.8, 4) is 0 Å². The Morgan fingerprint density at radius 1 is 1.40 bits per heavy atom. The molecule has 2 aromatic rings. The molecule has 20 heavy (non-hydrogen) atoms. The van der Waals surface area contributed by atoms with Gasteiger partial charge >= 0.3 is 0 Å². The van der Waals surface area contributed by atoms with Crippen LogP contribution in [0.5, 0.6) is 0 Å². The van der Waals surface area contributed by atoms with Crippen LogP contribution in [-0.2, 0) is 6.42 Å². The average Bonchev–Trinajstić information content (AvgIpc) is 2.92. The zero-order chi connectivity index (χ0) is 14.5. The van der Waals surface area contributed by atoms with Crippen molar-refractivity contribution < 1.29 is 4.92 Å². The first-order valence-corrected chi connectivity index (χ1v) is 7.29. The van der Waals surface area contributed by atoms with E-state index in [0.717, 1.165) is 28.5 Å². The molecule has 0 saturated carbocycles. The molecule has 0 saturated heterocycles. The molecule has 0 fully saturated rings. The van der Waals surface area contributed by atoms with Crippen molar-refractivity contribution >= 4 is 22.2 Å². The third-order valence-electron chi connectivity index (χ3n) is 2.96. The summed E-state index contributed by atoms with van der Waals surface area (Å²) in [7, 11) is 0. The fourth-order valence-electron chi connectivity index (χ4n) is 1.88. The summed E-state index contributed by atoms with van der Waals surface area (Å²) in [5.41, 5.74) is 0.990. The van der Waals surface area contributed by atoms with Crippen molar-refractivity contribution in [1.82, 2.24) is 10.2 Å². The largest absolute Gasteiger partial charge is 0.353 e. The number of benzene rings is 1. The van der Waals surface area contributed by atoms with Crippen molar-refractivity contribution in [1.29, 1.82) is 0 Å². The van der Waals surface area contributed by atoms with Crippen LogP contribution in [0.25, 0.3) is 0 Å². The zero-order valence-electron chi connectivity index (χ0n) is 11.4. The Labute approximate surface area is 121 Å². The zero-order valence-corrected chi connectivity index (χ0v) is 12.2. The lowest BCUT2D eigenvalue weighted by atomic mass is 10.0. The molecule has 106 valence electrons. The number of non-ortho nitro benzene ring substituents is 1. The van der Waals surface area contributed by atoms with Crippen molar-refractivity contribution in [2.75, 3.05) is 5.32 Å². The molecule has 1 N–H and O–H groups in total. The van der Waals surface area contributed by atoms with Gasteiger partial charge in [0.15, 0.2) is 0 Å². The van der Waals surface area contributed by atoms with Crippen LogP contribution in [0.1, 0.15) is 36.9 Å². The third kappa shape index (κ3) is 3.30. The van der Waals surface area contributed by atoms with Crippen LogP contribution in [-0.4, -0.2) is 15.1 Å². The minimum atomic E-state index is -0.379. The molecule has 2 rings (SSSR count). The lowest BCUT2D eigenvalue weighted by Crippen LogP contribution is -2.09. The molecule has 0 radical (unpaired) electrons. The normalized spacial score (nSPS) is 12.1. The van der Waals surface area contributed by atoms with Crippen molar-refractivity contribution in [2.24, 2.45) is 0 Å². The van der Waals surface area contributed by atoms with Gasteiger partial charge in [0.2, 0.25) is 5.13 Å². The van der Waals surface area contributed by atoms with Crippen molar-refractivity contribution in [2.45, 2.75) is 32.7 Å². The molecule has 0 amide bonds. The van der Waals surface area contributed by atoms with Gasteiger partial charge in [-0.15, -0.1) is 10.2 Å². The van der Waals surface area contributed by atoms with E-state index < -0.39 is 0 Å². The molecule has 1 atom stereocenters. The number of nitro benzene ring substituents is 1. The van der Waals surface area contributed by atoms with Gasteiger partial charge < -0.3 is 5.32 Å². The number of anilines is 1. The summed E-state index contributed by atoms with van der Waals surface area (Å²) in [5.74, 6) is 0. The van der Waals surface area contributed by atoms with Gasteiger partial charge in [-0.1, -0.05) is 37.3 Å². The molecule has 0 aliphatic rings. The van der Waals surface area contributed by atoms with E-state index in [1.165, 1.54) is 17.4 Å². The number of aromatic nitrogens is 2. The Bertz CT molecular complexity index is 600. The van der Waals surface area contributed by atoms with Crippen molar-refractivity contribution in [3.05, 3.63) is 45.0 Å². The molecule has 0 aliphatic heterocycles. The van der Waals surface area contributed by atoms with E-state index in [2.05, 4.69) is 15.5 Å². The predicted molar refractivity (Wildman–Crippen MR) is 79.0 cm³/mol.